The molecule has 114 valence electrons. The van der Waals surface area contributed by atoms with Crippen molar-refractivity contribution in [3.05, 3.63) is 29.8 Å². The third-order valence-electron chi connectivity index (χ3n) is 4.77. The van der Waals surface area contributed by atoms with Crippen LogP contribution in [0.4, 0.5) is 0 Å². The fourth-order valence-electron chi connectivity index (χ4n) is 3.18. The second-order valence-electron chi connectivity index (χ2n) is 6.09. The van der Waals surface area contributed by atoms with Crippen LogP contribution in [0, 0.1) is 5.92 Å². The Kier molecular flexibility index (Phi) is 4.55. The second kappa shape index (κ2) is 6.41. The van der Waals surface area contributed by atoms with E-state index in [1.165, 1.54) is 29.7 Å². The Morgan fingerprint density at radius 3 is 2.52 bits per heavy atom. The topological polar surface area (TPSA) is 32.3 Å². The first-order chi connectivity index (χ1) is 10.2. The van der Waals surface area contributed by atoms with Crippen LogP contribution in [0.3, 0.4) is 0 Å². The smallest absolute Gasteiger partial charge is 0.241 e. The molecule has 21 heavy (non-hydrogen) atoms. The molecule has 4 heteroatoms. The van der Waals surface area contributed by atoms with Gasteiger partial charge in [-0.15, -0.1) is 11.8 Å². The van der Waals surface area contributed by atoms with Gasteiger partial charge in [0.05, 0.1) is 6.04 Å². The lowest BCUT2D eigenvalue weighted by atomic mass is 9.85. The van der Waals surface area contributed by atoms with Crippen LogP contribution in [0.25, 0.3) is 0 Å². The molecule has 1 aromatic carbocycles. The van der Waals surface area contributed by atoms with Gasteiger partial charge in [-0.25, -0.2) is 0 Å². The monoisotopic (exact) mass is 304 g/mol. The first kappa shape index (κ1) is 14.9. The summed E-state index contributed by atoms with van der Waals surface area (Å²) in [5.41, 5.74) is 1.21. The summed E-state index contributed by atoms with van der Waals surface area (Å²) in [6.45, 7) is 2.99. The summed E-state index contributed by atoms with van der Waals surface area (Å²) in [6, 6.07) is 8.58. The van der Waals surface area contributed by atoms with Crippen molar-refractivity contribution in [3.8, 4) is 0 Å². The zero-order chi connectivity index (χ0) is 14.8. The predicted octanol–water partition coefficient (Wildman–Crippen LogP) is 3.42. The van der Waals surface area contributed by atoms with Gasteiger partial charge in [-0.2, -0.15) is 0 Å². The molecule has 1 aliphatic heterocycles. The van der Waals surface area contributed by atoms with Crippen LogP contribution in [0.15, 0.2) is 29.2 Å². The Morgan fingerprint density at radius 2 is 2.00 bits per heavy atom. The zero-order valence-corrected chi connectivity index (χ0v) is 13.7. The maximum Gasteiger partial charge on any atom is 0.241 e. The highest BCUT2D eigenvalue weighted by Gasteiger charge is 2.40. The Labute approximate surface area is 131 Å². The van der Waals surface area contributed by atoms with E-state index in [0.717, 1.165) is 13.0 Å². The number of hydrogen-bond donors (Lipinski definition) is 1. The first-order valence-electron chi connectivity index (χ1n) is 7.93. The molecule has 0 aromatic heterocycles. The van der Waals surface area contributed by atoms with Crippen LogP contribution >= 0.6 is 11.8 Å². The maximum absolute atomic E-state index is 12.6. The number of hydrogen-bond acceptors (Lipinski definition) is 3. The third kappa shape index (κ3) is 2.97. The Morgan fingerprint density at radius 1 is 1.29 bits per heavy atom. The van der Waals surface area contributed by atoms with Crippen molar-refractivity contribution >= 4 is 17.7 Å². The van der Waals surface area contributed by atoms with Gasteiger partial charge in [0.1, 0.15) is 6.17 Å². The molecule has 3 rings (SSSR count). The van der Waals surface area contributed by atoms with Gasteiger partial charge < -0.3 is 4.90 Å². The molecule has 1 aromatic rings. The van der Waals surface area contributed by atoms with E-state index in [0.29, 0.717) is 5.92 Å². The van der Waals surface area contributed by atoms with E-state index in [4.69, 9.17) is 0 Å². The number of amides is 1. The number of carbonyl (C=O) groups excluding carboxylic acids is 1. The quantitative estimate of drug-likeness (QED) is 0.846. The van der Waals surface area contributed by atoms with Crippen molar-refractivity contribution in [3.63, 3.8) is 0 Å². The molecule has 1 N–H and O–H groups in total. The number of carbonyl (C=O) groups is 1. The maximum atomic E-state index is 12.6. The fourth-order valence-corrected chi connectivity index (χ4v) is 3.59. The second-order valence-corrected chi connectivity index (χ2v) is 6.97. The van der Waals surface area contributed by atoms with Crippen LogP contribution in [0.1, 0.15) is 44.3 Å². The minimum atomic E-state index is -0.0182. The highest BCUT2D eigenvalue weighted by Crippen LogP contribution is 2.33. The van der Waals surface area contributed by atoms with Crippen LogP contribution < -0.4 is 5.32 Å². The van der Waals surface area contributed by atoms with E-state index in [2.05, 4.69) is 47.7 Å². The molecular formula is C17H24N2OS. The number of rotatable bonds is 5. The first-order valence-corrected chi connectivity index (χ1v) is 9.16. The molecule has 1 amide bonds. The van der Waals surface area contributed by atoms with Gasteiger partial charge in [0, 0.05) is 11.4 Å². The molecule has 0 spiro atoms. The van der Waals surface area contributed by atoms with E-state index in [9.17, 15) is 4.79 Å². The minimum absolute atomic E-state index is 0.0182. The summed E-state index contributed by atoms with van der Waals surface area (Å²) in [5.74, 6) is 0.989. The molecule has 1 aliphatic carbocycles. The van der Waals surface area contributed by atoms with Crippen LogP contribution in [0.5, 0.6) is 0 Å². The largest absolute Gasteiger partial charge is 0.321 e. The van der Waals surface area contributed by atoms with Gasteiger partial charge in [0.2, 0.25) is 5.91 Å². The molecule has 3 nitrogen and oxygen atoms in total. The predicted molar refractivity (Wildman–Crippen MR) is 87.2 cm³/mol. The average Bonchev–Trinajstić information content (AvgIpc) is 2.79. The van der Waals surface area contributed by atoms with E-state index in [-0.39, 0.29) is 18.1 Å². The minimum Gasteiger partial charge on any atom is -0.321 e. The van der Waals surface area contributed by atoms with Crippen LogP contribution in [-0.2, 0) is 4.79 Å². The van der Waals surface area contributed by atoms with Crippen LogP contribution in [-0.4, -0.2) is 29.6 Å². The molecular weight excluding hydrogens is 280 g/mol. The van der Waals surface area contributed by atoms with Crippen molar-refractivity contribution in [2.75, 3.05) is 12.8 Å². The molecule has 0 bridgehead atoms. The number of thioether (sulfide) groups is 1. The molecule has 1 saturated carbocycles. The SMILES string of the molecule is CCC1NC(c2ccc(SC)cc2)N(CC2CCC2)C1=O. The van der Waals surface area contributed by atoms with Crippen molar-refractivity contribution in [2.45, 2.75) is 49.7 Å². The molecule has 1 heterocycles. The summed E-state index contributed by atoms with van der Waals surface area (Å²) >= 11 is 1.75. The highest BCUT2D eigenvalue weighted by molar-refractivity contribution is 7.98. The summed E-state index contributed by atoms with van der Waals surface area (Å²) in [7, 11) is 0. The van der Waals surface area contributed by atoms with Gasteiger partial charge >= 0.3 is 0 Å². The van der Waals surface area contributed by atoms with Crippen molar-refractivity contribution in [1.82, 2.24) is 10.2 Å². The van der Waals surface area contributed by atoms with E-state index in [1.54, 1.807) is 11.8 Å². The van der Waals surface area contributed by atoms with E-state index >= 15 is 0 Å². The molecule has 0 radical (unpaired) electrons. The van der Waals surface area contributed by atoms with Crippen LogP contribution in [0.2, 0.25) is 0 Å². The number of benzene rings is 1. The average molecular weight is 304 g/mol. The number of nitrogens with one attached hydrogen (secondary N) is 1. The van der Waals surface area contributed by atoms with Crippen molar-refractivity contribution in [1.29, 1.82) is 0 Å². The molecule has 1 saturated heterocycles. The normalized spacial score (nSPS) is 26.2. The van der Waals surface area contributed by atoms with Gasteiger partial charge in [-0.05, 0) is 49.1 Å². The molecule has 2 aliphatic rings. The van der Waals surface area contributed by atoms with E-state index < -0.39 is 0 Å². The van der Waals surface area contributed by atoms with Crippen molar-refractivity contribution < 1.29 is 4.79 Å². The van der Waals surface area contributed by atoms with Gasteiger partial charge in [0.15, 0.2) is 0 Å². The lowest BCUT2D eigenvalue weighted by molar-refractivity contribution is -0.131. The lowest BCUT2D eigenvalue weighted by Gasteiger charge is -2.33. The van der Waals surface area contributed by atoms with Gasteiger partial charge in [-0.1, -0.05) is 25.5 Å². The van der Waals surface area contributed by atoms with Crippen molar-refractivity contribution in [2.24, 2.45) is 5.92 Å². The van der Waals surface area contributed by atoms with Gasteiger partial charge in [-0.3, -0.25) is 10.1 Å². The summed E-state index contributed by atoms with van der Waals surface area (Å²) in [4.78, 5) is 15.9. The zero-order valence-electron chi connectivity index (χ0n) is 12.8. The standard InChI is InChI=1S/C17H24N2OS/c1-3-15-17(20)19(11-12-5-4-6-12)16(18-15)13-7-9-14(21-2)10-8-13/h7-10,12,15-16,18H,3-6,11H2,1-2H3. The Bertz CT molecular complexity index is 498. The lowest BCUT2D eigenvalue weighted by Crippen LogP contribution is -2.37. The molecule has 2 fully saturated rings. The summed E-state index contributed by atoms with van der Waals surface area (Å²) in [6.07, 6.45) is 6.88. The fraction of sp³-hybridized carbons (Fsp3) is 0.588. The third-order valence-corrected chi connectivity index (χ3v) is 5.51. The highest BCUT2D eigenvalue weighted by atomic mass is 32.2. The van der Waals surface area contributed by atoms with E-state index in [1.807, 2.05) is 0 Å². The molecule has 2 atom stereocenters. The Hall–Kier alpha value is -1.00. The summed E-state index contributed by atoms with van der Waals surface area (Å²) < 4.78 is 0. The molecule has 2 unspecified atom stereocenters. The Balaban J connectivity index is 1.80. The number of nitrogens with zero attached hydrogens (tertiary/aromatic N) is 1. The van der Waals surface area contributed by atoms with Gasteiger partial charge in [0.25, 0.3) is 0 Å². The summed E-state index contributed by atoms with van der Waals surface area (Å²) in [5, 5.41) is 3.52.